The van der Waals surface area contributed by atoms with Gasteiger partial charge in [-0.05, 0) is 6.42 Å². The molecular weight excluding hydrogens is 266 g/mol. The van der Waals surface area contributed by atoms with E-state index in [0.29, 0.717) is 11.1 Å². The summed E-state index contributed by atoms with van der Waals surface area (Å²) >= 11 is 0. The molecule has 0 atom stereocenters. The fourth-order valence-electron chi connectivity index (χ4n) is 1.96. The van der Waals surface area contributed by atoms with Crippen molar-refractivity contribution < 1.29 is 19.8 Å². The van der Waals surface area contributed by atoms with Crippen LogP contribution < -0.4 is 16.0 Å². The van der Waals surface area contributed by atoms with Crippen molar-refractivity contribution >= 4 is 23.6 Å². The molecule has 1 aromatic heterocycles. The van der Waals surface area contributed by atoms with Crippen LogP contribution in [-0.2, 0) is 6.54 Å². The van der Waals surface area contributed by atoms with Gasteiger partial charge in [0.05, 0.1) is 6.20 Å². The molecule has 1 aliphatic rings. The molecule has 1 aliphatic heterocycles. The molecule has 20 heavy (non-hydrogen) atoms. The minimum Gasteiger partial charge on any atom is -0.465 e. The predicted octanol–water partition coefficient (Wildman–Crippen LogP) is 0.575. The molecule has 0 aromatic carbocycles. The molecule has 2 rings (SSSR count). The summed E-state index contributed by atoms with van der Waals surface area (Å²) in [4.78, 5) is 21.2. The summed E-state index contributed by atoms with van der Waals surface area (Å²) in [5.41, 5.74) is 1.16. The maximum atomic E-state index is 10.6. The van der Waals surface area contributed by atoms with E-state index < -0.39 is 12.2 Å². The minimum atomic E-state index is -1.22. The van der Waals surface area contributed by atoms with Crippen LogP contribution in [0.25, 0.3) is 5.57 Å². The van der Waals surface area contributed by atoms with Gasteiger partial charge in [0.1, 0.15) is 5.82 Å². The Kier molecular flexibility index (Phi) is 4.08. The Morgan fingerprint density at radius 2 is 2.25 bits per heavy atom. The van der Waals surface area contributed by atoms with E-state index in [1.807, 2.05) is 0 Å². The summed E-state index contributed by atoms with van der Waals surface area (Å²) in [6, 6.07) is 0. The standard InChI is InChI=1S/C11H15N5O4/c17-10(18)13-4-7(5-14-11(19)20)8-6-15-16-3-1-2-12-9(8)16/h4,6,12-14H,1-3,5H2,(H,17,18)(H,19,20)/b7-4+. The summed E-state index contributed by atoms with van der Waals surface area (Å²) < 4.78 is 1.77. The molecule has 2 amide bonds. The molecule has 0 fully saturated rings. The zero-order valence-corrected chi connectivity index (χ0v) is 10.6. The molecule has 5 N–H and O–H groups in total. The highest BCUT2D eigenvalue weighted by Crippen LogP contribution is 2.25. The van der Waals surface area contributed by atoms with Crippen LogP contribution in [0.2, 0.25) is 0 Å². The summed E-state index contributed by atoms with van der Waals surface area (Å²) in [6.45, 7) is 1.55. The largest absolute Gasteiger partial charge is 0.465 e. The molecule has 9 heteroatoms. The van der Waals surface area contributed by atoms with Crippen molar-refractivity contribution in [2.24, 2.45) is 0 Å². The second-order valence-corrected chi connectivity index (χ2v) is 4.19. The third-order valence-corrected chi connectivity index (χ3v) is 2.82. The number of nitrogens with one attached hydrogen (secondary N) is 3. The molecule has 0 radical (unpaired) electrons. The van der Waals surface area contributed by atoms with E-state index >= 15 is 0 Å². The topological polar surface area (TPSA) is 129 Å². The number of fused-ring (bicyclic) bond motifs is 1. The van der Waals surface area contributed by atoms with Gasteiger partial charge in [0.25, 0.3) is 0 Å². The van der Waals surface area contributed by atoms with Gasteiger partial charge in [-0.1, -0.05) is 0 Å². The van der Waals surface area contributed by atoms with Crippen molar-refractivity contribution in [3.05, 3.63) is 18.0 Å². The first-order valence-corrected chi connectivity index (χ1v) is 6.03. The monoisotopic (exact) mass is 281 g/mol. The summed E-state index contributed by atoms with van der Waals surface area (Å²) in [7, 11) is 0. The molecule has 0 aliphatic carbocycles. The van der Waals surface area contributed by atoms with E-state index in [9.17, 15) is 9.59 Å². The van der Waals surface area contributed by atoms with E-state index in [-0.39, 0.29) is 6.54 Å². The van der Waals surface area contributed by atoms with E-state index in [4.69, 9.17) is 10.2 Å². The number of carboxylic acid groups (broad SMARTS) is 2. The molecule has 0 saturated carbocycles. The average Bonchev–Trinajstić information content (AvgIpc) is 2.82. The van der Waals surface area contributed by atoms with Gasteiger partial charge >= 0.3 is 12.2 Å². The Morgan fingerprint density at radius 1 is 1.45 bits per heavy atom. The van der Waals surface area contributed by atoms with Crippen molar-refractivity contribution in [3.8, 4) is 0 Å². The number of aromatic nitrogens is 2. The first-order valence-electron chi connectivity index (χ1n) is 6.03. The fraction of sp³-hybridized carbons (Fsp3) is 0.364. The van der Waals surface area contributed by atoms with Crippen LogP contribution in [0.4, 0.5) is 15.4 Å². The number of hydrogen-bond donors (Lipinski definition) is 5. The molecule has 0 saturated heterocycles. The van der Waals surface area contributed by atoms with Gasteiger partial charge in [-0.15, -0.1) is 0 Å². The Balaban J connectivity index is 2.25. The fourth-order valence-corrected chi connectivity index (χ4v) is 1.96. The van der Waals surface area contributed by atoms with Gasteiger partial charge in [-0.2, -0.15) is 5.10 Å². The maximum Gasteiger partial charge on any atom is 0.408 e. The van der Waals surface area contributed by atoms with Gasteiger partial charge in [0.15, 0.2) is 0 Å². The highest BCUT2D eigenvalue weighted by atomic mass is 16.4. The maximum absolute atomic E-state index is 10.6. The summed E-state index contributed by atoms with van der Waals surface area (Å²) in [5.74, 6) is 0.766. The highest BCUT2D eigenvalue weighted by molar-refractivity contribution is 5.79. The number of carbonyl (C=O) groups is 2. The van der Waals surface area contributed by atoms with Crippen LogP contribution in [0.1, 0.15) is 12.0 Å². The highest BCUT2D eigenvalue weighted by Gasteiger charge is 2.17. The molecule has 0 spiro atoms. The number of anilines is 1. The van der Waals surface area contributed by atoms with E-state index in [1.54, 1.807) is 10.9 Å². The molecule has 2 heterocycles. The SMILES string of the molecule is O=C(O)N/C=C(\CNC(=O)O)c1cnn2c1NCCC2. The van der Waals surface area contributed by atoms with Crippen LogP contribution in [-0.4, -0.2) is 45.3 Å². The Labute approximate surface area is 114 Å². The number of amides is 2. The number of aryl methyl sites for hydroxylation is 1. The molecule has 0 unspecified atom stereocenters. The third-order valence-electron chi connectivity index (χ3n) is 2.82. The van der Waals surface area contributed by atoms with Crippen molar-refractivity contribution in [2.75, 3.05) is 18.4 Å². The van der Waals surface area contributed by atoms with Gasteiger partial charge in [-0.25, -0.2) is 14.3 Å². The zero-order chi connectivity index (χ0) is 14.5. The average molecular weight is 281 g/mol. The third kappa shape index (κ3) is 3.19. The van der Waals surface area contributed by atoms with Gasteiger partial charge in [0, 0.05) is 37.0 Å². The quantitative estimate of drug-likeness (QED) is 0.549. The number of nitrogens with zero attached hydrogens (tertiary/aromatic N) is 2. The first-order chi connectivity index (χ1) is 9.58. The molecular formula is C11H15N5O4. The Morgan fingerprint density at radius 3 is 2.95 bits per heavy atom. The lowest BCUT2D eigenvalue weighted by atomic mass is 10.1. The number of rotatable bonds is 4. The molecule has 0 bridgehead atoms. The van der Waals surface area contributed by atoms with Crippen LogP contribution in [0.15, 0.2) is 12.4 Å². The van der Waals surface area contributed by atoms with Crippen LogP contribution >= 0.6 is 0 Å². The molecule has 9 nitrogen and oxygen atoms in total. The lowest BCUT2D eigenvalue weighted by molar-refractivity contribution is 0.195. The van der Waals surface area contributed by atoms with E-state index in [0.717, 1.165) is 25.3 Å². The minimum absolute atomic E-state index is 0.0179. The molecule has 108 valence electrons. The smallest absolute Gasteiger partial charge is 0.408 e. The lowest BCUT2D eigenvalue weighted by Crippen LogP contribution is -2.25. The number of hydrogen-bond acceptors (Lipinski definition) is 4. The van der Waals surface area contributed by atoms with Gasteiger partial charge in [-0.3, -0.25) is 5.32 Å². The Bertz CT molecular complexity index is 551. The van der Waals surface area contributed by atoms with Crippen molar-refractivity contribution in [1.82, 2.24) is 20.4 Å². The van der Waals surface area contributed by atoms with Crippen LogP contribution in [0.3, 0.4) is 0 Å². The normalized spacial score (nSPS) is 14.1. The van der Waals surface area contributed by atoms with Gasteiger partial charge in [0.2, 0.25) is 0 Å². The van der Waals surface area contributed by atoms with E-state index in [2.05, 4.69) is 21.0 Å². The van der Waals surface area contributed by atoms with Crippen LogP contribution in [0, 0.1) is 0 Å². The first kappa shape index (κ1) is 13.7. The second-order valence-electron chi connectivity index (χ2n) is 4.19. The van der Waals surface area contributed by atoms with E-state index in [1.165, 1.54) is 6.20 Å². The summed E-state index contributed by atoms with van der Waals surface area (Å²) in [6.07, 6.45) is 1.40. The predicted molar refractivity (Wildman–Crippen MR) is 70.5 cm³/mol. The van der Waals surface area contributed by atoms with Gasteiger partial charge < -0.3 is 20.8 Å². The second kappa shape index (κ2) is 5.95. The Hall–Kier alpha value is -2.71. The van der Waals surface area contributed by atoms with Crippen LogP contribution in [0.5, 0.6) is 0 Å². The molecule has 1 aromatic rings. The van der Waals surface area contributed by atoms with Crippen molar-refractivity contribution in [2.45, 2.75) is 13.0 Å². The zero-order valence-electron chi connectivity index (χ0n) is 10.6. The lowest BCUT2D eigenvalue weighted by Gasteiger charge is -2.18. The van der Waals surface area contributed by atoms with Crippen molar-refractivity contribution in [1.29, 1.82) is 0 Å². The van der Waals surface area contributed by atoms with Crippen molar-refractivity contribution in [3.63, 3.8) is 0 Å². The summed E-state index contributed by atoms with van der Waals surface area (Å²) in [5, 5.41) is 29.0.